The van der Waals surface area contributed by atoms with E-state index in [9.17, 15) is 9.59 Å². The first kappa shape index (κ1) is 24.6. The summed E-state index contributed by atoms with van der Waals surface area (Å²) in [4.78, 5) is 32.9. The molecule has 186 valence electrons. The van der Waals surface area contributed by atoms with Crippen molar-refractivity contribution in [2.45, 2.75) is 30.6 Å². The summed E-state index contributed by atoms with van der Waals surface area (Å²) < 4.78 is 11.0. The second-order valence-electron chi connectivity index (χ2n) is 8.68. The molecule has 2 atom stereocenters. The molecule has 2 saturated heterocycles. The predicted octanol–water partition coefficient (Wildman–Crippen LogP) is 5.64. The van der Waals surface area contributed by atoms with E-state index in [2.05, 4.69) is 5.32 Å². The molecule has 9 heteroatoms. The molecule has 7 nitrogen and oxygen atoms in total. The molecule has 2 aliphatic rings. The van der Waals surface area contributed by atoms with Crippen molar-refractivity contribution in [1.29, 1.82) is 0 Å². The fraction of sp³-hybridized carbons (Fsp3) is 0.296. The quantitative estimate of drug-likeness (QED) is 0.433. The van der Waals surface area contributed by atoms with Crippen LogP contribution in [0.5, 0.6) is 5.75 Å². The van der Waals surface area contributed by atoms with Crippen LogP contribution in [0.1, 0.15) is 19.3 Å². The van der Waals surface area contributed by atoms with E-state index in [1.165, 1.54) is 18.9 Å². The molecule has 2 aliphatic heterocycles. The van der Waals surface area contributed by atoms with Crippen molar-refractivity contribution >= 4 is 62.5 Å². The summed E-state index contributed by atoms with van der Waals surface area (Å²) in [5.41, 5.74) is 1.33. The Bertz CT molecular complexity index is 1320. The van der Waals surface area contributed by atoms with E-state index in [-0.39, 0.29) is 24.3 Å². The van der Waals surface area contributed by atoms with Gasteiger partial charge in [-0.1, -0.05) is 59.8 Å². The average Bonchev–Trinajstić information content (AvgIpc) is 3.49. The zero-order chi connectivity index (χ0) is 25.1. The lowest BCUT2D eigenvalue weighted by Gasteiger charge is -2.20. The third-order valence-electron chi connectivity index (χ3n) is 6.22. The van der Waals surface area contributed by atoms with Gasteiger partial charge in [0.1, 0.15) is 11.0 Å². The maximum Gasteiger partial charge on any atom is 0.242 e. The minimum Gasteiger partial charge on any atom is -0.495 e. The van der Waals surface area contributed by atoms with Crippen molar-refractivity contribution in [3.63, 3.8) is 0 Å². The van der Waals surface area contributed by atoms with Crippen LogP contribution in [-0.2, 0) is 14.3 Å². The number of carbonyl (C=O) groups excluding carboxylic acids is 2. The van der Waals surface area contributed by atoms with E-state index < -0.39 is 5.25 Å². The SMILES string of the molecule is COc1ccc(NC(=O)CC2SC(=Nc3cccc4ccccc34)N(CC3CCCO3)C2=O)cc1Cl. The molecule has 2 amide bonds. The number of nitrogens with one attached hydrogen (secondary N) is 1. The number of amidine groups is 1. The summed E-state index contributed by atoms with van der Waals surface area (Å²) in [6, 6.07) is 19.0. The first-order chi connectivity index (χ1) is 17.5. The Morgan fingerprint density at radius 2 is 2.06 bits per heavy atom. The lowest BCUT2D eigenvalue weighted by molar-refractivity contribution is -0.129. The number of fused-ring (bicyclic) bond motifs is 1. The highest BCUT2D eigenvalue weighted by Crippen LogP contribution is 2.35. The lowest BCUT2D eigenvalue weighted by Crippen LogP contribution is -2.38. The highest BCUT2D eigenvalue weighted by atomic mass is 35.5. The molecule has 2 unspecified atom stereocenters. The van der Waals surface area contributed by atoms with E-state index in [0.29, 0.717) is 34.8 Å². The third-order valence-corrected chi connectivity index (χ3v) is 7.69. The standard InChI is InChI=1S/C27H26ClN3O4S/c1-34-23-12-11-18(14-21(23)28)29-25(32)15-24-26(33)31(16-19-8-5-13-35-19)27(36-24)30-22-10-4-7-17-6-2-3-9-20(17)22/h2-4,6-7,9-12,14,19,24H,5,8,13,15-16H2,1H3,(H,29,32). The van der Waals surface area contributed by atoms with Crippen molar-refractivity contribution in [3.05, 3.63) is 65.7 Å². The van der Waals surface area contributed by atoms with Crippen LogP contribution in [-0.4, -0.2) is 53.5 Å². The van der Waals surface area contributed by atoms with E-state index >= 15 is 0 Å². The number of ether oxygens (including phenoxy) is 2. The van der Waals surface area contributed by atoms with Gasteiger partial charge < -0.3 is 14.8 Å². The number of amides is 2. The van der Waals surface area contributed by atoms with E-state index in [0.717, 1.165) is 29.3 Å². The van der Waals surface area contributed by atoms with Gasteiger partial charge in [0.05, 0.1) is 30.5 Å². The van der Waals surface area contributed by atoms with Crippen molar-refractivity contribution in [2.24, 2.45) is 4.99 Å². The second kappa shape index (κ2) is 10.9. The molecular weight excluding hydrogens is 498 g/mol. The monoisotopic (exact) mass is 523 g/mol. The van der Waals surface area contributed by atoms with Gasteiger partial charge in [0.25, 0.3) is 0 Å². The number of methoxy groups -OCH3 is 1. The number of rotatable bonds is 7. The number of hydrogen-bond donors (Lipinski definition) is 1. The molecule has 1 N–H and O–H groups in total. The van der Waals surface area contributed by atoms with Gasteiger partial charge in [-0.25, -0.2) is 4.99 Å². The lowest BCUT2D eigenvalue weighted by atomic mass is 10.1. The molecular formula is C27H26ClN3O4S. The number of hydrogen-bond acceptors (Lipinski definition) is 6. The Morgan fingerprint density at radius 1 is 1.22 bits per heavy atom. The first-order valence-corrected chi connectivity index (χ1v) is 13.1. The van der Waals surface area contributed by atoms with Crippen LogP contribution in [0.4, 0.5) is 11.4 Å². The maximum atomic E-state index is 13.4. The molecule has 0 aliphatic carbocycles. The number of benzene rings is 3. The van der Waals surface area contributed by atoms with Crippen LogP contribution in [0.2, 0.25) is 5.02 Å². The zero-order valence-electron chi connectivity index (χ0n) is 19.8. The number of anilines is 1. The molecule has 5 rings (SSSR count). The normalized spacial score (nSPS) is 20.9. The average molecular weight is 524 g/mol. The van der Waals surface area contributed by atoms with Crippen LogP contribution in [0.25, 0.3) is 10.8 Å². The molecule has 2 fully saturated rings. The molecule has 3 aromatic carbocycles. The first-order valence-electron chi connectivity index (χ1n) is 11.8. The number of halogens is 1. The third kappa shape index (κ3) is 5.36. The Morgan fingerprint density at radius 3 is 2.83 bits per heavy atom. The smallest absolute Gasteiger partial charge is 0.242 e. The summed E-state index contributed by atoms with van der Waals surface area (Å²) in [5.74, 6) is 0.123. The Labute approximate surface area is 218 Å². The van der Waals surface area contributed by atoms with Crippen LogP contribution in [0.3, 0.4) is 0 Å². The molecule has 0 bridgehead atoms. The Kier molecular flexibility index (Phi) is 7.46. The molecule has 0 spiro atoms. The Hall–Kier alpha value is -3.07. The minimum atomic E-state index is -0.575. The Balaban J connectivity index is 1.37. The van der Waals surface area contributed by atoms with Crippen LogP contribution in [0.15, 0.2) is 65.7 Å². The molecule has 2 heterocycles. The molecule has 36 heavy (non-hydrogen) atoms. The fourth-order valence-corrected chi connectivity index (χ4v) is 5.84. The van der Waals surface area contributed by atoms with Gasteiger partial charge in [0.15, 0.2) is 5.17 Å². The summed E-state index contributed by atoms with van der Waals surface area (Å²) >= 11 is 7.50. The second-order valence-corrected chi connectivity index (χ2v) is 10.3. The summed E-state index contributed by atoms with van der Waals surface area (Å²) in [7, 11) is 1.53. The number of aliphatic imine (C=N–C) groups is 1. The van der Waals surface area contributed by atoms with Crippen molar-refractivity contribution < 1.29 is 19.1 Å². The number of thioether (sulfide) groups is 1. The minimum absolute atomic E-state index is 0.0176. The van der Waals surface area contributed by atoms with E-state index in [1.807, 2.05) is 42.5 Å². The number of carbonyl (C=O) groups is 2. The zero-order valence-corrected chi connectivity index (χ0v) is 21.3. The highest BCUT2D eigenvalue weighted by Gasteiger charge is 2.40. The van der Waals surface area contributed by atoms with Crippen molar-refractivity contribution in [1.82, 2.24) is 4.90 Å². The van der Waals surface area contributed by atoms with Gasteiger partial charge in [0, 0.05) is 24.1 Å². The van der Waals surface area contributed by atoms with Gasteiger partial charge >= 0.3 is 0 Å². The topological polar surface area (TPSA) is 80.2 Å². The highest BCUT2D eigenvalue weighted by molar-refractivity contribution is 8.15. The van der Waals surface area contributed by atoms with E-state index in [1.54, 1.807) is 23.1 Å². The summed E-state index contributed by atoms with van der Waals surface area (Å²) in [6.45, 7) is 1.13. The summed E-state index contributed by atoms with van der Waals surface area (Å²) in [5, 5.41) is 5.33. The molecule has 0 radical (unpaired) electrons. The fourth-order valence-electron chi connectivity index (χ4n) is 4.42. The van der Waals surface area contributed by atoms with Gasteiger partial charge in [-0.2, -0.15) is 0 Å². The van der Waals surface area contributed by atoms with Gasteiger partial charge in [-0.15, -0.1) is 0 Å². The predicted molar refractivity (Wildman–Crippen MR) is 144 cm³/mol. The van der Waals surface area contributed by atoms with Crippen LogP contribution < -0.4 is 10.1 Å². The van der Waals surface area contributed by atoms with Gasteiger partial charge in [-0.05, 0) is 42.5 Å². The van der Waals surface area contributed by atoms with Crippen LogP contribution >= 0.6 is 23.4 Å². The summed E-state index contributed by atoms with van der Waals surface area (Å²) in [6.07, 6.45) is 1.87. The van der Waals surface area contributed by atoms with Gasteiger partial charge in [-0.3, -0.25) is 14.5 Å². The van der Waals surface area contributed by atoms with E-state index in [4.69, 9.17) is 26.1 Å². The van der Waals surface area contributed by atoms with Crippen molar-refractivity contribution in [2.75, 3.05) is 25.6 Å². The number of nitrogens with zero attached hydrogens (tertiary/aromatic N) is 2. The molecule has 3 aromatic rings. The largest absolute Gasteiger partial charge is 0.495 e. The van der Waals surface area contributed by atoms with Gasteiger partial charge in [0.2, 0.25) is 11.8 Å². The molecule has 0 saturated carbocycles. The van der Waals surface area contributed by atoms with Crippen LogP contribution in [0, 0.1) is 0 Å². The molecule has 0 aromatic heterocycles. The maximum absolute atomic E-state index is 13.4. The van der Waals surface area contributed by atoms with Crippen molar-refractivity contribution in [3.8, 4) is 5.75 Å².